The summed E-state index contributed by atoms with van der Waals surface area (Å²) in [7, 11) is 0. The number of carboxylic acid groups (broad SMARTS) is 1. The summed E-state index contributed by atoms with van der Waals surface area (Å²) in [6.45, 7) is 5.83. The number of amides is 5. The van der Waals surface area contributed by atoms with Gasteiger partial charge < -0.3 is 10.0 Å². The lowest BCUT2D eigenvalue weighted by atomic mass is 10.0. The van der Waals surface area contributed by atoms with E-state index in [1.807, 2.05) is 0 Å². The normalized spacial score (nSPS) is 20.5. The van der Waals surface area contributed by atoms with Crippen molar-refractivity contribution in [1.82, 2.24) is 25.7 Å². The zero-order chi connectivity index (χ0) is 22.9. The van der Waals surface area contributed by atoms with E-state index in [2.05, 4.69) is 10.9 Å². The molecule has 2 aliphatic rings. The quantitative estimate of drug-likeness (QED) is 0.417. The summed E-state index contributed by atoms with van der Waals surface area (Å²) in [4.78, 5) is 50.8. The van der Waals surface area contributed by atoms with Crippen LogP contribution in [0.3, 0.4) is 0 Å². The Morgan fingerprint density at radius 2 is 1.77 bits per heavy atom. The summed E-state index contributed by atoms with van der Waals surface area (Å²) in [6, 6.07) is 4.70. The summed E-state index contributed by atoms with van der Waals surface area (Å²) in [5.41, 5.74) is 5.08. The van der Waals surface area contributed by atoms with E-state index in [0.717, 1.165) is 5.56 Å². The van der Waals surface area contributed by atoms with E-state index in [1.165, 1.54) is 9.80 Å². The molecule has 0 aliphatic carbocycles. The third-order valence-corrected chi connectivity index (χ3v) is 5.54. The molecule has 2 saturated heterocycles. The standard InChI is InChI=1S/C20H27N5O6/c1-20(2,3)24(19(29)30)10-12-4-6-13(7-5-12)16(26)21-22-17(27)15-9-8-14-11-23(15)18(28)25(14)31/h4-7,14-15,31H,8-11H2,1-3H3,(H,21,26)(H,22,27)(H,29,30). The van der Waals surface area contributed by atoms with Gasteiger partial charge in [-0.3, -0.25) is 30.5 Å². The monoisotopic (exact) mass is 433 g/mol. The first kappa shape index (κ1) is 22.3. The van der Waals surface area contributed by atoms with Crippen LogP contribution in [0.5, 0.6) is 0 Å². The van der Waals surface area contributed by atoms with Crippen molar-refractivity contribution >= 4 is 23.9 Å². The molecule has 0 spiro atoms. The Labute approximate surface area is 179 Å². The van der Waals surface area contributed by atoms with Gasteiger partial charge in [0.25, 0.3) is 11.8 Å². The highest BCUT2D eigenvalue weighted by Crippen LogP contribution is 2.28. The molecule has 5 amide bonds. The molecule has 2 bridgehead atoms. The van der Waals surface area contributed by atoms with E-state index in [1.54, 1.807) is 45.0 Å². The second kappa shape index (κ2) is 8.42. The second-order valence-electron chi connectivity index (χ2n) is 8.71. The van der Waals surface area contributed by atoms with E-state index >= 15 is 0 Å². The minimum absolute atomic E-state index is 0.173. The molecule has 11 heteroatoms. The van der Waals surface area contributed by atoms with Gasteiger partial charge in [-0.15, -0.1) is 0 Å². The molecule has 0 radical (unpaired) electrons. The lowest BCUT2D eigenvalue weighted by molar-refractivity contribution is -0.126. The number of rotatable bonds is 4. The van der Waals surface area contributed by atoms with Crippen molar-refractivity contribution in [2.75, 3.05) is 6.54 Å². The molecule has 2 heterocycles. The Hall–Kier alpha value is -3.34. The number of carbonyl (C=O) groups is 4. The van der Waals surface area contributed by atoms with Gasteiger partial charge in [0, 0.05) is 24.2 Å². The topological polar surface area (TPSA) is 143 Å². The van der Waals surface area contributed by atoms with Crippen LogP contribution in [0.1, 0.15) is 49.5 Å². The molecule has 4 N–H and O–H groups in total. The Kier molecular flexibility index (Phi) is 6.07. The van der Waals surface area contributed by atoms with Gasteiger partial charge in [-0.2, -0.15) is 0 Å². The highest BCUT2D eigenvalue weighted by Gasteiger charge is 2.46. The first-order valence-corrected chi connectivity index (χ1v) is 9.97. The molecule has 1 aromatic carbocycles. The van der Waals surface area contributed by atoms with Gasteiger partial charge in [0.1, 0.15) is 6.04 Å². The fourth-order valence-corrected chi connectivity index (χ4v) is 3.73. The number of hydrogen-bond donors (Lipinski definition) is 4. The van der Waals surface area contributed by atoms with Crippen LogP contribution in [0.4, 0.5) is 9.59 Å². The molecule has 2 unspecified atom stereocenters. The summed E-state index contributed by atoms with van der Waals surface area (Å²) in [5, 5.41) is 19.7. The Morgan fingerprint density at radius 1 is 1.13 bits per heavy atom. The van der Waals surface area contributed by atoms with Crippen molar-refractivity contribution in [2.24, 2.45) is 0 Å². The van der Waals surface area contributed by atoms with Gasteiger partial charge in [0.2, 0.25) is 0 Å². The molecule has 0 aromatic heterocycles. The van der Waals surface area contributed by atoms with Gasteiger partial charge in [-0.1, -0.05) is 12.1 Å². The molecule has 2 fully saturated rings. The zero-order valence-corrected chi connectivity index (χ0v) is 17.7. The largest absolute Gasteiger partial charge is 0.465 e. The van der Waals surface area contributed by atoms with Crippen LogP contribution < -0.4 is 10.9 Å². The van der Waals surface area contributed by atoms with E-state index in [4.69, 9.17) is 0 Å². The average Bonchev–Trinajstić information content (AvgIpc) is 2.93. The van der Waals surface area contributed by atoms with Crippen molar-refractivity contribution in [3.8, 4) is 0 Å². The van der Waals surface area contributed by atoms with Gasteiger partial charge in [0.15, 0.2) is 0 Å². The van der Waals surface area contributed by atoms with Gasteiger partial charge >= 0.3 is 12.1 Å². The lowest BCUT2D eigenvalue weighted by Crippen LogP contribution is -2.54. The Balaban J connectivity index is 1.56. The maximum atomic E-state index is 12.4. The first-order valence-electron chi connectivity index (χ1n) is 9.97. The maximum Gasteiger partial charge on any atom is 0.408 e. The van der Waals surface area contributed by atoms with Gasteiger partial charge in [-0.25, -0.2) is 14.7 Å². The van der Waals surface area contributed by atoms with Crippen LogP contribution in [0.25, 0.3) is 0 Å². The summed E-state index contributed by atoms with van der Waals surface area (Å²) >= 11 is 0. The number of piperidine rings is 1. The van der Waals surface area contributed by atoms with E-state index in [0.29, 0.717) is 17.9 Å². The number of hydrazine groups is 1. The van der Waals surface area contributed by atoms with Gasteiger partial charge in [0.05, 0.1) is 6.04 Å². The molecule has 1 aromatic rings. The number of urea groups is 1. The Bertz CT molecular complexity index is 881. The van der Waals surface area contributed by atoms with E-state index in [-0.39, 0.29) is 24.7 Å². The molecular formula is C20H27N5O6. The van der Waals surface area contributed by atoms with Crippen LogP contribution in [-0.2, 0) is 11.3 Å². The lowest BCUT2D eigenvalue weighted by Gasteiger charge is -2.33. The van der Waals surface area contributed by atoms with Crippen LogP contribution in [-0.4, -0.2) is 73.3 Å². The third kappa shape index (κ3) is 4.71. The molecule has 2 aliphatic heterocycles. The zero-order valence-electron chi connectivity index (χ0n) is 17.7. The predicted molar refractivity (Wildman–Crippen MR) is 108 cm³/mol. The van der Waals surface area contributed by atoms with Crippen molar-refractivity contribution in [3.63, 3.8) is 0 Å². The molecule has 2 atom stereocenters. The number of fused-ring (bicyclic) bond motifs is 2. The fraction of sp³-hybridized carbons (Fsp3) is 0.500. The predicted octanol–water partition coefficient (Wildman–Crippen LogP) is 1.38. The number of nitrogens with zero attached hydrogens (tertiary/aromatic N) is 3. The molecule has 31 heavy (non-hydrogen) atoms. The van der Waals surface area contributed by atoms with Crippen molar-refractivity contribution < 1.29 is 29.5 Å². The smallest absolute Gasteiger partial charge is 0.408 e. The molecular weight excluding hydrogens is 406 g/mol. The van der Waals surface area contributed by atoms with Crippen molar-refractivity contribution in [3.05, 3.63) is 35.4 Å². The first-order chi connectivity index (χ1) is 14.5. The minimum atomic E-state index is -1.04. The number of benzene rings is 1. The Morgan fingerprint density at radius 3 is 2.35 bits per heavy atom. The summed E-state index contributed by atoms with van der Waals surface area (Å²) in [6.07, 6.45) is -0.154. The SMILES string of the molecule is CC(C)(C)N(Cc1ccc(C(=O)NNC(=O)C2CCC3CN2C(=O)N3O)cc1)C(=O)O. The highest BCUT2D eigenvalue weighted by atomic mass is 16.5. The third-order valence-electron chi connectivity index (χ3n) is 5.54. The minimum Gasteiger partial charge on any atom is -0.465 e. The van der Waals surface area contributed by atoms with Gasteiger partial charge in [-0.05, 0) is 51.3 Å². The van der Waals surface area contributed by atoms with Crippen molar-refractivity contribution in [2.45, 2.75) is 57.8 Å². The molecule has 0 saturated carbocycles. The molecule has 11 nitrogen and oxygen atoms in total. The van der Waals surface area contributed by atoms with Crippen LogP contribution >= 0.6 is 0 Å². The summed E-state index contributed by atoms with van der Waals surface area (Å²) < 4.78 is 0. The average molecular weight is 433 g/mol. The second-order valence-corrected chi connectivity index (χ2v) is 8.71. The molecule has 3 rings (SSSR count). The van der Waals surface area contributed by atoms with Crippen LogP contribution in [0.15, 0.2) is 24.3 Å². The molecule has 168 valence electrons. The number of hydroxylamine groups is 2. The van der Waals surface area contributed by atoms with E-state index < -0.39 is 35.5 Å². The number of carbonyl (C=O) groups excluding carboxylic acids is 3. The fourth-order valence-electron chi connectivity index (χ4n) is 3.73. The van der Waals surface area contributed by atoms with E-state index in [9.17, 15) is 29.5 Å². The highest BCUT2D eigenvalue weighted by molar-refractivity contribution is 5.96. The number of hydrogen-bond acceptors (Lipinski definition) is 5. The number of nitrogens with one attached hydrogen (secondary N) is 2. The maximum absolute atomic E-state index is 12.4. The summed E-state index contributed by atoms with van der Waals surface area (Å²) in [5.74, 6) is -1.08. The van der Waals surface area contributed by atoms with Crippen LogP contribution in [0.2, 0.25) is 0 Å². The van der Waals surface area contributed by atoms with Crippen LogP contribution in [0, 0.1) is 0 Å². The van der Waals surface area contributed by atoms with Crippen molar-refractivity contribution in [1.29, 1.82) is 0 Å².